The number of carbonyl (C=O) groups is 1. The van der Waals surface area contributed by atoms with Gasteiger partial charge >= 0.3 is 0 Å². The Morgan fingerprint density at radius 1 is 1.35 bits per heavy atom. The molecule has 0 radical (unpaired) electrons. The molecular formula is C14H19Cl3N2O. The Balaban J connectivity index is 0.00000200. The third-order valence-electron chi connectivity index (χ3n) is 3.77. The van der Waals surface area contributed by atoms with Crippen LogP contribution in [0.5, 0.6) is 0 Å². The van der Waals surface area contributed by atoms with Crippen LogP contribution < -0.4 is 10.6 Å². The monoisotopic (exact) mass is 336 g/mol. The first-order valence-electron chi connectivity index (χ1n) is 6.44. The predicted octanol–water partition coefficient (Wildman–Crippen LogP) is 3.17. The molecule has 1 amide bonds. The third-order valence-corrected chi connectivity index (χ3v) is 4.32. The van der Waals surface area contributed by atoms with Gasteiger partial charge in [-0.1, -0.05) is 35.7 Å². The number of amides is 1. The fraction of sp³-hybridized carbons (Fsp3) is 0.500. The summed E-state index contributed by atoms with van der Waals surface area (Å²) in [6.07, 6.45) is 3.27. The summed E-state index contributed by atoms with van der Waals surface area (Å²) in [5, 5.41) is 7.15. The van der Waals surface area contributed by atoms with Gasteiger partial charge in [0, 0.05) is 22.0 Å². The number of rotatable bonds is 5. The lowest BCUT2D eigenvalue weighted by Gasteiger charge is -2.43. The van der Waals surface area contributed by atoms with Gasteiger partial charge in [0.25, 0.3) is 0 Å². The van der Waals surface area contributed by atoms with E-state index in [1.165, 1.54) is 6.42 Å². The second kappa shape index (κ2) is 7.51. The van der Waals surface area contributed by atoms with Crippen molar-refractivity contribution in [3.8, 4) is 0 Å². The quantitative estimate of drug-likeness (QED) is 0.866. The third kappa shape index (κ3) is 3.79. The summed E-state index contributed by atoms with van der Waals surface area (Å²) in [4.78, 5) is 11.6. The SMILES string of the molecule is CNCC(=O)NCC1(c2ccc(Cl)cc2Cl)CCC1.Cl. The Morgan fingerprint density at radius 3 is 2.55 bits per heavy atom. The fourth-order valence-corrected chi connectivity index (χ4v) is 3.16. The second-order valence-electron chi connectivity index (χ2n) is 5.07. The molecule has 0 atom stereocenters. The normalized spacial score (nSPS) is 15.9. The molecule has 20 heavy (non-hydrogen) atoms. The number of hydrogen-bond acceptors (Lipinski definition) is 2. The lowest BCUT2D eigenvalue weighted by Crippen LogP contribution is -2.47. The highest BCUT2D eigenvalue weighted by atomic mass is 35.5. The maximum atomic E-state index is 11.6. The van der Waals surface area contributed by atoms with Gasteiger partial charge in [-0.25, -0.2) is 0 Å². The lowest BCUT2D eigenvalue weighted by atomic mass is 9.64. The number of carbonyl (C=O) groups excluding carboxylic acids is 1. The minimum Gasteiger partial charge on any atom is -0.354 e. The highest BCUT2D eigenvalue weighted by Gasteiger charge is 2.40. The fourth-order valence-electron chi connectivity index (χ4n) is 2.56. The molecule has 0 spiro atoms. The van der Waals surface area contributed by atoms with Gasteiger partial charge in [-0.2, -0.15) is 0 Å². The largest absolute Gasteiger partial charge is 0.354 e. The van der Waals surface area contributed by atoms with E-state index in [4.69, 9.17) is 23.2 Å². The van der Waals surface area contributed by atoms with Crippen LogP contribution in [0, 0.1) is 0 Å². The highest BCUT2D eigenvalue weighted by Crippen LogP contribution is 2.46. The highest BCUT2D eigenvalue weighted by molar-refractivity contribution is 6.35. The van der Waals surface area contributed by atoms with E-state index in [-0.39, 0.29) is 23.7 Å². The van der Waals surface area contributed by atoms with Gasteiger partial charge in [0.05, 0.1) is 6.54 Å². The van der Waals surface area contributed by atoms with E-state index in [9.17, 15) is 4.79 Å². The molecule has 2 rings (SSSR count). The Kier molecular flexibility index (Phi) is 6.59. The molecule has 0 bridgehead atoms. The molecule has 6 heteroatoms. The minimum absolute atomic E-state index is 0. The van der Waals surface area contributed by atoms with E-state index in [1.807, 2.05) is 12.1 Å². The van der Waals surface area contributed by atoms with Crippen molar-refractivity contribution < 1.29 is 4.79 Å². The average molecular weight is 338 g/mol. The van der Waals surface area contributed by atoms with E-state index in [1.54, 1.807) is 13.1 Å². The summed E-state index contributed by atoms with van der Waals surface area (Å²) < 4.78 is 0. The van der Waals surface area contributed by atoms with E-state index in [2.05, 4.69) is 10.6 Å². The smallest absolute Gasteiger partial charge is 0.233 e. The van der Waals surface area contributed by atoms with E-state index in [0.717, 1.165) is 18.4 Å². The zero-order valence-corrected chi connectivity index (χ0v) is 13.7. The van der Waals surface area contributed by atoms with Crippen molar-refractivity contribution in [1.29, 1.82) is 0 Å². The van der Waals surface area contributed by atoms with Crippen LogP contribution in [0.3, 0.4) is 0 Å². The predicted molar refractivity (Wildman–Crippen MR) is 86.2 cm³/mol. The van der Waals surface area contributed by atoms with Crippen molar-refractivity contribution in [2.24, 2.45) is 0 Å². The molecule has 112 valence electrons. The Labute approximate surface area is 135 Å². The minimum atomic E-state index is -0.0227. The van der Waals surface area contributed by atoms with Gasteiger partial charge in [-0.15, -0.1) is 12.4 Å². The van der Waals surface area contributed by atoms with Crippen LogP contribution in [0.15, 0.2) is 18.2 Å². The van der Waals surface area contributed by atoms with Crippen LogP contribution >= 0.6 is 35.6 Å². The molecule has 1 fully saturated rings. The zero-order valence-electron chi connectivity index (χ0n) is 11.3. The van der Waals surface area contributed by atoms with Gasteiger partial charge in [0.15, 0.2) is 0 Å². The topological polar surface area (TPSA) is 41.1 Å². The van der Waals surface area contributed by atoms with Gasteiger partial charge in [0.1, 0.15) is 0 Å². The van der Waals surface area contributed by atoms with Crippen molar-refractivity contribution in [2.45, 2.75) is 24.7 Å². The number of halogens is 3. The summed E-state index contributed by atoms with van der Waals surface area (Å²) in [5.74, 6) is 0.0128. The average Bonchev–Trinajstić information content (AvgIpc) is 2.30. The van der Waals surface area contributed by atoms with Gasteiger partial charge in [-0.3, -0.25) is 4.79 Å². The molecular weight excluding hydrogens is 319 g/mol. The molecule has 1 aliphatic carbocycles. The van der Waals surface area contributed by atoms with Gasteiger partial charge < -0.3 is 10.6 Å². The van der Waals surface area contributed by atoms with Gasteiger partial charge in [0.2, 0.25) is 5.91 Å². The number of nitrogens with one attached hydrogen (secondary N) is 2. The molecule has 1 aliphatic rings. The second-order valence-corrected chi connectivity index (χ2v) is 5.91. The van der Waals surface area contributed by atoms with Crippen LogP contribution in [0.25, 0.3) is 0 Å². The molecule has 0 heterocycles. The Morgan fingerprint density at radius 2 is 2.05 bits per heavy atom. The Hall–Kier alpha value is -0.480. The van der Waals surface area contributed by atoms with E-state index in [0.29, 0.717) is 23.1 Å². The van der Waals surface area contributed by atoms with Gasteiger partial charge in [-0.05, 0) is 37.6 Å². The molecule has 2 N–H and O–H groups in total. The maximum absolute atomic E-state index is 11.6. The van der Waals surface area contributed by atoms with Crippen molar-refractivity contribution in [3.63, 3.8) is 0 Å². The summed E-state index contributed by atoms with van der Waals surface area (Å²) in [5.41, 5.74) is 1.07. The molecule has 1 saturated carbocycles. The molecule has 0 unspecified atom stereocenters. The van der Waals surface area contributed by atoms with Crippen molar-refractivity contribution in [1.82, 2.24) is 10.6 Å². The summed E-state index contributed by atoms with van der Waals surface area (Å²) in [6, 6.07) is 5.61. The number of benzene rings is 1. The first-order chi connectivity index (χ1) is 9.07. The first kappa shape index (κ1) is 17.6. The Bertz CT molecular complexity index is 475. The van der Waals surface area contributed by atoms with Crippen molar-refractivity contribution in [2.75, 3.05) is 20.1 Å². The standard InChI is InChI=1S/C14H18Cl2N2O.ClH/c1-17-8-13(19)18-9-14(5-2-6-14)11-4-3-10(15)7-12(11)16;/h3-4,7,17H,2,5-6,8-9H2,1H3,(H,18,19);1H. The molecule has 0 saturated heterocycles. The van der Waals surface area contributed by atoms with Crippen molar-refractivity contribution >= 4 is 41.5 Å². The van der Waals surface area contributed by atoms with E-state index < -0.39 is 0 Å². The molecule has 0 aliphatic heterocycles. The summed E-state index contributed by atoms with van der Waals surface area (Å²) in [6.45, 7) is 0.972. The summed E-state index contributed by atoms with van der Waals surface area (Å²) >= 11 is 12.2. The summed E-state index contributed by atoms with van der Waals surface area (Å²) in [7, 11) is 1.76. The molecule has 3 nitrogen and oxygen atoms in total. The van der Waals surface area contributed by atoms with Crippen LogP contribution in [-0.4, -0.2) is 26.0 Å². The molecule has 1 aromatic carbocycles. The first-order valence-corrected chi connectivity index (χ1v) is 7.20. The molecule has 0 aromatic heterocycles. The number of likely N-dealkylation sites (N-methyl/N-ethyl adjacent to an activating group) is 1. The van der Waals surface area contributed by atoms with E-state index >= 15 is 0 Å². The number of hydrogen-bond donors (Lipinski definition) is 2. The van der Waals surface area contributed by atoms with Crippen LogP contribution in [0.1, 0.15) is 24.8 Å². The van der Waals surface area contributed by atoms with Crippen LogP contribution in [0.4, 0.5) is 0 Å². The lowest BCUT2D eigenvalue weighted by molar-refractivity contribution is -0.120. The van der Waals surface area contributed by atoms with Crippen LogP contribution in [-0.2, 0) is 10.2 Å². The maximum Gasteiger partial charge on any atom is 0.233 e. The van der Waals surface area contributed by atoms with Crippen molar-refractivity contribution in [3.05, 3.63) is 33.8 Å². The molecule has 1 aromatic rings. The van der Waals surface area contributed by atoms with Crippen LogP contribution in [0.2, 0.25) is 10.0 Å². The zero-order chi connectivity index (χ0) is 13.9.